The molecule has 1 aromatic carbocycles. The molecule has 0 N–H and O–H groups in total. The predicted octanol–water partition coefficient (Wildman–Crippen LogP) is 4.12. The molecule has 0 radical (unpaired) electrons. The molecule has 126 valence electrons. The predicted molar refractivity (Wildman–Crippen MR) is 95.6 cm³/mol. The van der Waals surface area contributed by atoms with Gasteiger partial charge in [-0.05, 0) is 49.2 Å². The summed E-state index contributed by atoms with van der Waals surface area (Å²) in [6, 6.07) is 15.1. The van der Waals surface area contributed by atoms with Crippen molar-refractivity contribution in [2.45, 2.75) is 33.2 Å². The summed E-state index contributed by atoms with van der Waals surface area (Å²) >= 11 is 0. The maximum absolute atomic E-state index is 8.92. The molecule has 2 heterocycles. The number of nitriles is 1. The molecule has 0 unspecified atom stereocenters. The van der Waals surface area contributed by atoms with Gasteiger partial charge in [-0.3, -0.25) is 9.67 Å². The van der Waals surface area contributed by atoms with Crippen molar-refractivity contribution in [3.05, 3.63) is 71.3 Å². The first-order valence-electron chi connectivity index (χ1n) is 8.41. The van der Waals surface area contributed by atoms with E-state index < -0.39 is 0 Å². The van der Waals surface area contributed by atoms with E-state index in [1.807, 2.05) is 35.0 Å². The molecule has 0 fully saturated rings. The Morgan fingerprint density at radius 3 is 2.48 bits per heavy atom. The fourth-order valence-corrected chi connectivity index (χ4v) is 2.72. The number of rotatable bonds is 6. The zero-order chi connectivity index (χ0) is 17.6. The molecule has 0 amide bonds. The second-order valence-electron chi connectivity index (χ2n) is 5.65. The standard InChI is InChI=1S/C20H20N4O/c1-3-18-20(25-17-10-8-15(13-21)9-11-17)19(4-2)24(23-18)14-16-7-5-6-12-22-16/h5-12H,3-4,14H2,1-2H3. The summed E-state index contributed by atoms with van der Waals surface area (Å²) in [5.41, 5.74) is 3.56. The maximum Gasteiger partial charge on any atom is 0.171 e. The van der Waals surface area contributed by atoms with Crippen LogP contribution >= 0.6 is 0 Å². The molecular weight excluding hydrogens is 312 g/mol. The Bertz CT molecular complexity index is 877. The van der Waals surface area contributed by atoms with Crippen molar-refractivity contribution in [1.82, 2.24) is 14.8 Å². The van der Waals surface area contributed by atoms with Crippen LogP contribution < -0.4 is 4.74 Å². The molecule has 0 saturated heterocycles. The van der Waals surface area contributed by atoms with Crippen LogP contribution in [0, 0.1) is 11.3 Å². The van der Waals surface area contributed by atoms with Gasteiger partial charge in [0.25, 0.3) is 0 Å². The summed E-state index contributed by atoms with van der Waals surface area (Å²) in [5, 5.41) is 13.6. The van der Waals surface area contributed by atoms with E-state index in [9.17, 15) is 0 Å². The van der Waals surface area contributed by atoms with Crippen LogP contribution in [0.1, 0.15) is 36.5 Å². The minimum atomic E-state index is 0.615. The van der Waals surface area contributed by atoms with Crippen LogP contribution in [0.4, 0.5) is 0 Å². The molecule has 0 aliphatic carbocycles. The molecule has 2 aromatic heterocycles. The van der Waals surface area contributed by atoms with Crippen LogP contribution in [0.5, 0.6) is 11.5 Å². The van der Waals surface area contributed by atoms with Gasteiger partial charge in [-0.2, -0.15) is 10.4 Å². The molecule has 0 bridgehead atoms. The van der Waals surface area contributed by atoms with E-state index in [4.69, 9.17) is 15.1 Å². The third-order valence-corrected chi connectivity index (χ3v) is 3.99. The first kappa shape index (κ1) is 16.7. The summed E-state index contributed by atoms with van der Waals surface area (Å²) in [7, 11) is 0. The third kappa shape index (κ3) is 3.69. The van der Waals surface area contributed by atoms with E-state index in [-0.39, 0.29) is 0 Å². The van der Waals surface area contributed by atoms with Crippen molar-refractivity contribution in [3.8, 4) is 17.6 Å². The quantitative estimate of drug-likeness (QED) is 0.681. The van der Waals surface area contributed by atoms with Crippen molar-refractivity contribution >= 4 is 0 Å². The second-order valence-corrected chi connectivity index (χ2v) is 5.65. The van der Waals surface area contributed by atoms with Gasteiger partial charge in [-0.15, -0.1) is 0 Å². The highest BCUT2D eigenvalue weighted by molar-refractivity contribution is 5.41. The monoisotopic (exact) mass is 332 g/mol. The molecule has 0 atom stereocenters. The number of aryl methyl sites for hydroxylation is 1. The molecule has 0 saturated carbocycles. The fraction of sp³-hybridized carbons (Fsp3) is 0.250. The SMILES string of the molecule is CCc1nn(Cc2ccccn2)c(CC)c1Oc1ccc(C#N)cc1. The average Bonchev–Trinajstić information content (AvgIpc) is 2.99. The lowest BCUT2D eigenvalue weighted by Crippen LogP contribution is -2.07. The molecule has 5 heteroatoms. The summed E-state index contributed by atoms with van der Waals surface area (Å²) in [6.07, 6.45) is 3.39. The number of benzene rings is 1. The molecule has 0 aliphatic rings. The average molecular weight is 332 g/mol. The van der Waals surface area contributed by atoms with Crippen LogP contribution in [-0.4, -0.2) is 14.8 Å². The van der Waals surface area contributed by atoms with Gasteiger partial charge in [0.15, 0.2) is 5.75 Å². The number of nitrogens with zero attached hydrogens (tertiary/aromatic N) is 4. The Morgan fingerprint density at radius 1 is 1.08 bits per heavy atom. The van der Waals surface area contributed by atoms with Crippen molar-refractivity contribution in [1.29, 1.82) is 5.26 Å². The van der Waals surface area contributed by atoms with E-state index in [1.165, 1.54) is 0 Å². The Morgan fingerprint density at radius 2 is 1.88 bits per heavy atom. The summed E-state index contributed by atoms with van der Waals surface area (Å²) in [6.45, 7) is 4.78. The number of aromatic nitrogens is 3. The second kappa shape index (κ2) is 7.63. The third-order valence-electron chi connectivity index (χ3n) is 3.99. The fourth-order valence-electron chi connectivity index (χ4n) is 2.72. The van der Waals surface area contributed by atoms with Crippen molar-refractivity contribution in [3.63, 3.8) is 0 Å². The Kier molecular flexibility index (Phi) is 5.10. The van der Waals surface area contributed by atoms with Crippen LogP contribution in [0.25, 0.3) is 0 Å². The van der Waals surface area contributed by atoms with Gasteiger partial charge in [0.1, 0.15) is 11.4 Å². The highest BCUT2D eigenvalue weighted by atomic mass is 16.5. The molecule has 0 aliphatic heterocycles. The van der Waals surface area contributed by atoms with E-state index in [0.717, 1.165) is 35.7 Å². The Hall–Kier alpha value is -3.13. The van der Waals surface area contributed by atoms with E-state index in [0.29, 0.717) is 17.9 Å². The molecule has 3 aromatic rings. The largest absolute Gasteiger partial charge is 0.453 e. The van der Waals surface area contributed by atoms with Gasteiger partial charge >= 0.3 is 0 Å². The van der Waals surface area contributed by atoms with E-state index >= 15 is 0 Å². The lowest BCUT2D eigenvalue weighted by molar-refractivity contribution is 0.469. The summed E-state index contributed by atoms with van der Waals surface area (Å²) < 4.78 is 8.10. The minimum absolute atomic E-state index is 0.615. The first-order chi connectivity index (χ1) is 12.2. The maximum atomic E-state index is 8.92. The van der Waals surface area contributed by atoms with Crippen molar-refractivity contribution in [2.75, 3.05) is 0 Å². The number of hydrogen-bond donors (Lipinski definition) is 0. The van der Waals surface area contributed by atoms with Gasteiger partial charge < -0.3 is 4.74 Å². The molecular formula is C20H20N4O. The highest BCUT2D eigenvalue weighted by Crippen LogP contribution is 2.30. The van der Waals surface area contributed by atoms with Crippen molar-refractivity contribution in [2.24, 2.45) is 0 Å². The van der Waals surface area contributed by atoms with Gasteiger partial charge in [-0.25, -0.2) is 0 Å². The molecule has 3 rings (SSSR count). The zero-order valence-electron chi connectivity index (χ0n) is 14.4. The zero-order valence-corrected chi connectivity index (χ0v) is 14.4. The van der Waals surface area contributed by atoms with E-state index in [2.05, 4.69) is 24.9 Å². The number of hydrogen-bond acceptors (Lipinski definition) is 4. The lowest BCUT2D eigenvalue weighted by atomic mass is 10.2. The summed E-state index contributed by atoms with van der Waals surface area (Å²) in [5.74, 6) is 1.52. The number of ether oxygens (including phenoxy) is 1. The Balaban J connectivity index is 1.93. The van der Waals surface area contributed by atoms with Gasteiger partial charge in [0.2, 0.25) is 0 Å². The normalized spacial score (nSPS) is 10.4. The topological polar surface area (TPSA) is 63.7 Å². The van der Waals surface area contributed by atoms with E-state index in [1.54, 1.807) is 18.3 Å². The molecule has 0 spiro atoms. The number of pyridine rings is 1. The smallest absolute Gasteiger partial charge is 0.171 e. The first-order valence-corrected chi connectivity index (χ1v) is 8.41. The van der Waals surface area contributed by atoms with Gasteiger partial charge in [0.05, 0.1) is 29.6 Å². The lowest BCUT2D eigenvalue weighted by Gasteiger charge is -2.09. The minimum Gasteiger partial charge on any atom is -0.453 e. The highest BCUT2D eigenvalue weighted by Gasteiger charge is 2.18. The molecule has 25 heavy (non-hydrogen) atoms. The van der Waals surface area contributed by atoms with Crippen molar-refractivity contribution < 1.29 is 4.74 Å². The van der Waals surface area contributed by atoms with Crippen LogP contribution in [0.3, 0.4) is 0 Å². The van der Waals surface area contributed by atoms with Crippen LogP contribution in [0.15, 0.2) is 48.7 Å². The van der Waals surface area contributed by atoms with Crippen LogP contribution in [0.2, 0.25) is 0 Å². The molecule has 5 nitrogen and oxygen atoms in total. The van der Waals surface area contributed by atoms with Gasteiger partial charge in [-0.1, -0.05) is 19.9 Å². The Labute approximate surface area is 147 Å². The van der Waals surface area contributed by atoms with Crippen LogP contribution in [-0.2, 0) is 19.4 Å². The summed E-state index contributed by atoms with van der Waals surface area (Å²) in [4.78, 5) is 4.39. The van der Waals surface area contributed by atoms with Gasteiger partial charge in [0, 0.05) is 6.20 Å².